The summed E-state index contributed by atoms with van der Waals surface area (Å²) >= 11 is 0. The topological polar surface area (TPSA) is 57.6 Å². The van der Waals surface area contributed by atoms with Crippen molar-refractivity contribution in [1.29, 1.82) is 0 Å². The van der Waals surface area contributed by atoms with Crippen LogP contribution in [0.4, 0.5) is 18.9 Å². The summed E-state index contributed by atoms with van der Waals surface area (Å²) in [4.78, 5) is 28.1. The molecular formula is C26H26F3NO3. The third-order valence-corrected chi connectivity index (χ3v) is 7.21. The number of halogens is 3. The van der Waals surface area contributed by atoms with Crippen molar-refractivity contribution in [3.63, 3.8) is 0 Å². The van der Waals surface area contributed by atoms with E-state index in [1.807, 2.05) is 0 Å². The molecule has 5 rings (SSSR count). The molecule has 7 heteroatoms. The van der Waals surface area contributed by atoms with E-state index in [2.05, 4.69) is 4.90 Å². The molecule has 2 heterocycles. The Labute approximate surface area is 191 Å². The molecule has 0 unspecified atom stereocenters. The first-order valence-corrected chi connectivity index (χ1v) is 11.3. The second-order valence-corrected chi connectivity index (χ2v) is 9.07. The molecule has 2 bridgehead atoms. The van der Waals surface area contributed by atoms with E-state index in [0.717, 1.165) is 31.7 Å². The molecule has 0 saturated carbocycles. The number of anilines is 1. The Balaban J connectivity index is 0.00000274. The van der Waals surface area contributed by atoms with Crippen LogP contribution in [0.3, 0.4) is 0 Å². The van der Waals surface area contributed by atoms with Crippen molar-refractivity contribution >= 4 is 17.3 Å². The Morgan fingerprint density at radius 1 is 1.06 bits per heavy atom. The van der Waals surface area contributed by atoms with Crippen LogP contribution < -0.4 is 4.90 Å². The van der Waals surface area contributed by atoms with Crippen LogP contribution in [0.25, 0.3) is 0 Å². The number of ketones is 2. The average molecular weight is 457 g/mol. The molecular weight excluding hydrogens is 431 g/mol. The maximum atomic E-state index is 14.0. The van der Waals surface area contributed by atoms with Crippen molar-refractivity contribution in [2.75, 3.05) is 4.90 Å². The zero-order valence-electron chi connectivity index (χ0n) is 18.0. The first kappa shape index (κ1) is 21.9. The van der Waals surface area contributed by atoms with Crippen LogP contribution in [0.2, 0.25) is 0 Å². The molecule has 0 radical (unpaired) electrons. The highest BCUT2D eigenvalue weighted by atomic mass is 19.4. The molecule has 1 N–H and O–H groups in total. The lowest BCUT2D eigenvalue weighted by molar-refractivity contribution is -0.138. The van der Waals surface area contributed by atoms with Crippen molar-refractivity contribution in [3.05, 3.63) is 75.9 Å². The molecule has 2 aromatic rings. The molecule has 2 saturated heterocycles. The Kier molecular flexibility index (Phi) is 5.40. The van der Waals surface area contributed by atoms with Gasteiger partial charge in [-0.2, -0.15) is 13.2 Å². The monoisotopic (exact) mass is 457 g/mol. The summed E-state index contributed by atoms with van der Waals surface area (Å²) < 4.78 is 41.9. The molecule has 174 valence electrons. The number of aliphatic hydroxyl groups is 1. The van der Waals surface area contributed by atoms with E-state index in [0.29, 0.717) is 23.2 Å². The molecule has 1 aliphatic carbocycles. The SMILES string of the molecule is O=C(Cc1ccc(N2C3CCC2CC3)cc1C(F)(F)F)C1=CCc2cccc(CO)c2C1=O.[HH]. The Bertz CT molecular complexity index is 1150. The quantitative estimate of drug-likeness (QED) is 0.639. The van der Waals surface area contributed by atoms with Gasteiger partial charge in [0.15, 0.2) is 11.6 Å². The van der Waals surface area contributed by atoms with E-state index in [-0.39, 0.29) is 36.8 Å². The highest BCUT2D eigenvalue weighted by Gasteiger charge is 2.41. The van der Waals surface area contributed by atoms with E-state index in [4.69, 9.17) is 0 Å². The number of nitrogens with zero attached hydrogens (tertiary/aromatic N) is 1. The van der Waals surface area contributed by atoms with Crippen molar-refractivity contribution in [2.24, 2.45) is 0 Å². The second kappa shape index (κ2) is 8.13. The number of allylic oxidation sites excluding steroid dienone is 2. The molecule has 2 fully saturated rings. The fourth-order valence-electron chi connectivity index (χ4n) is 5.67. The first-order chi connectivity index (χ1) is 15.8. The maximum Gasteiger partial charge on any atom is 0.416 e. The minimum absolute atomic E-state index is 0. The number of hydrogen-bond acceptors (Lipinski definition) is 4. The fraction of sp³-hybridized carbons (Fsp3) is 0.385. The third kappa shape index (κ3) is 3.78. The van der Waals surface area contributed by atoms with Crippen molar-refractivity contribution in [3.8, 4) is 0 Å². The summed E-state index contributed by atoms with van der Waals surface area (Å²) in [6, 6.07) is 9.87. The maximum absolute atomic E-state index is 14.0. The van der Waals surface area contributed by atoms with Gasteiger partial charge in [0, 0.05) is 31.2 Å². The van der Waals surface area contributed by atoms with E-state index in [1.165, 1.54) is 12.1 Å². The van der Waals surface area contributed by atoms with Crippen LogP contribution in [0.15, 0.2) is 48.0 Å². The van der Waals surface area contributed by atoms with Crippen LogP contribution >= 0.6 is 0 Å². The van der Waals surface area contributed by atoms with E-state index < -0.39 is 29.7 Å². The van der Waals surface area contributed by atoms with Crippen LogP contribution in [0, 0.1) is 0 Å². The average Bonchev–Trinajstić information content (AvgIpc) is 3.39. The number of Topliss-reactive ketones (excluding diaryl/α,β-unsaturated/α-hetero) is 2. The van der Waals surface area contributed by atoms with Crippen LogP contribution in [0.1, 0.15) is 59.7 Å². The highest BCUT2D eigenvalue weighted by molar-refractivity contribution is 6.28. The Morgan fingerprint density at radius 3 is 2.39 bits per heavy atom. The molecule has 0 atom stereocenters. The predicted molar refractivity (Wildman–Crippen MR) is 119 cm³/mol. The van der Waals surface area contributed by atoms with Gasteiger partial charge in [0.1, 0.15) is 0 Å². The zero-order valence-corrected chi connectivity index (χ0v) is 18.0. The van der Waals surface area contributed by atoms with E-state index in [1.54, 1.807) is 24.3 Å². The van der Waals surface area contributed by atoms with Crippen LogP contribution in [0.5, 0.6) is 0 Å². The number of fused-ring (bicyclic) bond motifs is 3. The summed E-state index contributed by atoms with van der Waals surface area (Å²) in [5, 5.41) is 9.57. The molecule has 0 amide bonds. The summed E-state index contributed by atoms with van der Waals surface area (Å²) in [5.41, 5.74) is 0.885. The largest absolute Gasteiger partial charge is 0.416 e. The number of hydrogen-bond donors (Lipinski definition) is 1. The van der Waals surface area contributed by atoms with E-state index >= 15 is 0 Å². The molecule has 4 nitrogen and oxygen atoms in total. The van der Waals surface area contributed by atoms with Crippen LogP contribution in [-0.2, 0) is 30.4 Å². The van der Waals surface area contributed by atoms with Gasteiger partial charge >= 0.3 is 6.18 Å². The van der Waals surface area contributed by atoms with Gasteiger partial charge in [0.25, 0.3) is 0 Å². The fourth-order valence-corrected chi connectivity index (χ4v) is 5.67. The minimum atomic E-state index is -4.61. The van der Waals surface area contributed by atoms with Gasteiger partial charge in [-0.05, 0) is 60.9 Å². The number of benzene rings is 2. The summed E-state index contributed by atoms with van der Waals surface area (Å²) in [6.45, 7) is -0.353. The van der Waals surface area contributed by atoms with Crippen LogP contribution in [-0.4, -0.2) is 28.8 Å². The number of alkyl halides is 3. The molecule has 2 aliphatic heterocycles. The third-order valence-electron chi connectivity index (χ3n) is 7.21. The van der Waals surface area contributed by atoms with Gasteiger partial charge in [-0.25, -0.2) is 0 Å². The van der Waals surface area contributed by atoms with Crippen molar-refractivity contribution in [2.45, 2.75) is 63.4 Å². The van der Waals surface area contributed by atoms with Gasteiger partial charge in [0.2, 0.25) is 0 Å². The Morgan fingerprint density at radius 2 is 1.76 bits per heavy atom. The van der Waals surface area contributed by atoms with Gasteiger partial charge in [-0.3, -0.25) is 9.59 Å². The normalized spacial score (nSPS) is 21.9. The lowest BCUT2D eigenvalue weighted by Gasteiger charge is -2.26. The van der Waals surface area contributed by atoms with Crippen molar-refractivity contribution < 1.29 is 29.3 Å². The van der Waals surface area contributed by atoms with Gasteiger partial charge < -0.3 is 10.0 Å². The molecule has 0 spiro atoms. The van der Waals surface area contributed by atoms with Gasteiger partial charge in [0.05, 0.1) is 17.7 Å². The number of carbonyl (C=O) groups is 2. The summed E-state index contributed by atoms with van der Waals surface area (Å²) in [5.74, 6) is -1.18. The first-order valence-electron chi connectivity index (χ1n) is 11.3. The van der Waals surface area contributed by atoms with Gasteiger partial charge in [-0.15, -0.1) is 0 Å². The standard InChI is InChI=1S/C26H24F3NO3.H2/c27-26(28,29)22-13-20(30-18-7-8-19(30)10-9-18)6-4-16(22)12-23(32)21-11-5-15-2-1-3-17(14-31)24(15)25(21)33;/h1-4,6,11,13,18-19,31H,5,7-10,12,14H2;1H. The lowest BCUT2D eigenvalue weighted by atomic mass is 9.84. The van der Waals surface area contributed by atoms with E-state index in [9.17, 15) is 27.9 Å². The number of carbonyl (C=O) groups excluding carboxylic acids is 2. The smallest absolute Gasteiger partial charge is 0.392 e. The Hall–Kier alpha value is -2.93. The molecule has 0 aromatic heterocycles. The highest BCUT2D eigenvalue weighted by Crippen LogP contribution is 2.43. The number of aliphatic hydroxyl groups excluding tert-OH is 1. The molecule has 33 heavy (non-hydrogen) atoms. The summed E-state index contributed by atoms with van der Waals surface area (Å²) in [6.07, 6.45) is 0.692. The molecule has 3 aliphatic rings. The van der Waals surface area contributed by atoms with Gasteiger partial charge in [-0.1, -0.05) is 30.3 Å². The molecule has 2 aromatic carbocycles. The van der Waals surface area contributed by atoms with Crippen molar-refractivity contribution in [1.82, 2.24) is 0 Å². The zero-order chi connectivity index (χ0) is 23.3. The summed E-state index contributed by atoms with van der Waals surface area (Å²) in [7, 11) is 0. The lowest BCUT2D eigenvalue weighted by Crippen LogP contribution is -2.28. The minimum Gasteiger partial charge on any atom is -0.392 e. The number of rotatable bonds is 5. The predicted octanol–water partition coefficient (Wildman–Crippen LogP) is 5.05. The second-order valence-electron chi connectivity index (χ2n) is 9.07.